The van der Waals surface area contributed by atoms with Crippen LogP contribution in [-0.2, 0) is 6.61 Å². The van der Waals surface area contributed by atoms with Gasteiger partial charge >= 0.3 is 0 Å². The molecule has 0 saturated heterocycles. The van der Waals surface area contributed by atoms with Gasteiger partial charge in [-0.2, -0.15) is 0 Å². The molecule has 108 valence electrons. The highest BCUT2D eigenvalue weighted by Crippen LogP contribution is 2.14. The summed E-state index contributed by atoms with van der Waals surface area (Å²) in [4.78, 5) is 12.0. The molecule has 0 aliphatic heterocycles. The second kappa shape index (κ2) is 7.17. The monoisotopic (exact) mass is 320 g/mol. The van der Waals surface area contributed by atoms with Crippen molar-refractivity contribution in [3.05, 3.63) is 64.7 Å². The first-order chi connectivity index (χ1) is 10.1. The molecule has 4 nitrogen and oxygen atoms in total. The van der Waals surface area contributed by atoms with Crippen molar-refractivity contribution < 1.29 is 9.90 Å². The van der Waals surface area contributed by atoms with Gasteiger partial charge in [0.15, 0.2) is 5.11 Å². The van der Waals surface area contributed by atoms with Crippen molar-refractivity contribution in [2.24, 2.45) is 0 Å². The summed E-state index contributed by atoms with van der Waals surface area (Å²) in [6.45, 7) is -0.114. The largest absolute Gasteiger partial charge is 0.392 e. The quantitative estimate of drug-likeness (QED) is 0.761. The molecule has 0 aliphatic carbocycles. The molecule has 2 rings (SSSR count). The summed E-state index contributed by atoms with van der Waals surface area (Å²) in [5.41, 5.74) is 1.81. The molecule has 0 heterocycles. The molecular formula is C15H13ClN2O2S. The van der Waals surface area contributed by atoms with Crippen LogP contribution >= 0.6 is 23.8 Å². The van der Waals surface area contributed by atoms with E-state index in [4.69, 9.17) is 23.8 Å². The Hall–Kier alpha value is -1.95. The number of para-hydroxylation sites is 1. The van der Waals surface area contributed by atoms with Crippen molar-refractivity contribution in [1.29, 1.82) is 0 Å². The first kappa shape index (κ1) is 15.4. The van der Waals surface area contributed by atoms with Gasteiger partial charge in [-0.25, -0.2) is 0 Å². The van der Waals surface area contributed by atoms with E-state index in [9.17, 15) is 9.90 Å². The fourth-order valence-electron chi connectivity index (χ4n) is 1.71. The third kappa shape index (κ3) is 4.26. The predicted molar refractivity (Wildman–Crippen MR) is 87.5 cm³/mol. The van der Waals surface area contributed by atoms with E-state index in [2.05, 4.69) is 10.6 Å². The van der Waals surface area contributed by atoms with Gasteiger partial charge < -0.3 is 10.4 Å². The van der Waals surface area contributed by atoms with E-state index >= 15 is 0 Å². The molecular weight excluding hydrogens is 308 g/mol. The first-order valence-electron chi connectivity index (χ1n) is 6.17. The Bertz CT molecular complexity index is 659. The number of halogens is 1. The Morgan fingerprint density at radius 2 is 1.81 bits per heavy atom. The maximum atomic E-state index is 12.0. The van der Waals surface area contributed by atoms with E-state index < -0.39 is 0 Å². The number of thiocarbonyl (C=S) groups is 1. The number of aliphatic hydroxyl groups excluding tert-OH is 1. The summed E-state index contributed by atoms with van der Waals surface area (Å²) in [7, 11) is 0. The molecule has 0 aromatic heterocycles. The van der Waals surface area contributed by atoms with Crippen molar-refractivity contribution in [2.75, 3.05) is 5.32 Å². The van der Waals surface area contributed by atoms with Crippen molar-refractivity contribution in [3.63, 3.8) is 0 Å². The Morgan fingerprint density at radius 3 is 2.48 bits per heavy atom. The van der Waals surface area contributed by atoms with Gasteiger partial charge in [0, 0.05) is 21.8 Å². The average molecular weight is 321 g/mol. The van der Waals surface area contributed by atoms with Gasteiger partial charge in [-0.05, 0) is 42.5 Å². The van der Waals surface area contributed by atoms with Gasteiger partial charge in [0.25, 0.3) is 5.91 Å². The Kier molecular flexibility index (Phi) is 5.27. The van der Waals surface area contributed by atoms with E-state index in [1.54, 1.807) is 36.4 Å². The SMILES string of the molecule is O=C(NC(=S)Nc1ccccc1CO)c1ccc(Cl)cc1. The van der Waals surface area contributed by atoms with E-state index in [0.29, 0.717) is 21.8 Å². The fraction of sp³-hybridized carbons (Fsp3) is 0.0667. The molecule has 0 atom stereocenters. The van der Waals surface area contributed by atoms with Gasteiger partial charge in [0.1, 0.15) is 0 Å². The van der Waals surface area contributed by atoms with Crippen LogP contribution in [0.3, 0.4) is 0 Å². The smallest absolute Gasteiger partial charge is 0.257 e. The lowest BCUT2D eigenvalue weighted by Gasteiger charge is -2.12. The lowest BCUT2D eigenvalue weighted by atomic mass is 10.2. The standard InChI is InChI=1S/C15H13ClN2O2S/c16-12-7-5-10(6-8-12)14(20)18-15(21)17-13-4-2-1-3-11(13)9-19/h1-8,19H,9H2,(H2,17,18,20,21). The average Bonchev–Trinajstić information content (AvgIpc) is 2.48. The zero-order valence-corrected chi connectivity index (χ0v) is 12.5. The number of amides is 1. The number of hydrogen-bond acceptors (Lipinski definition) is 3. The summed E-state index contributed by atoms with van der Waals surface area (Å²) in [6.07, 6.45) is 0. The summed E-state index contributed by atoms with van der Waals surface area (Å²) < 4.78 is 0. The van der Waals surface area contributed by atoms with Crippen molar-refractivity contribution in [1.82, 2.24) is 5.32 Å². The van der Waals surface area contributed by atoms with Gasteiger partial charge in [-0.15, -0.1) is 0 Å². The molecule has 0 fully saturated rings. The molecule has 2 aromatic carbocycles. The number of hydrogen-bond donors (Lipinski definition) is 3. The number of aliphatic hydroxyl groups is 1. The number of rotatable bonds is 3. The Morgan fingerprint density at radius 1 is 1.14 bits per heavy atom. The number of nitrogens with one attached hydrogen (secondary N) is 2. The zero-order valence-electron chi connectivity index (χ0n) is 11.0. The Labute approximate surface area is 132 Å². The Balaban J connectivity index is 2.01. The third-order valence-corrected chi connectivity index (χ3v) is 3.23. The van der Waals surface area contributed by atoms with Crippen LogP contribution in [0.15, 0.2) is 48.5 Å². The maximum Gasteiger partial charge on any atom is 0.257 e. The van der Waals surface area contributed by atoms with E-state index in [-0.39, 0.29) is 17.6 Å². The molecule has 0 bridgehead atoms. The van der Waals surface area contributed by atoms with Crippen LogP contribution in [0.25, 0.3) is 0 Å². The maximum absolute atomic E-state index is 12.0. The molecule has 2 aromatic rings. The second-order valence-electron chi connectivity index (χ2n) is 4.23. The van der Waals surface area contributed by atoms with Crippen molar-refractivity contribution >= 4 is 40.5 Å². The molecule has 21 heavy (non-hydrogen) atoms. The first-order valence-corrected chi connectivity index (χ1v) is 6.95. The highest BCUT2D eigenvalue weighted by Gasteiger charge is 2.09. The molecule has 0 aliphatic rings. The van der Waals surface area contributed by atoms with Crippen LogP contribution in [0.5, 0.6) is 0 Å². The molecule has 6 heteroatoms. The summed E-state index contributed by atoms with van der Waals surface area (Å²) >= 11 is 10.9. The number of carbonyl (C=O) groups excluding carboxylic acids is 1. The van der Waals surface area contributed by atoms with Gasteiger partial charge in [0.05, 0.1) is 6.61 Å². The van der Waals surface area contributed by atoms with Gasteiger partial charge in [0.2, 0.25) is 0 Å². The van der Waals surface area contributed by atoms with Crippen LogP contribution in [0.2, 0.25) is 5.02 Å². The molecule has 0 unspecified atom stereocenters. The second-order valence-corrected chi connectivity index (χ2v) is 5.08. The minimum atomic E-state index is -0.328. The molecule has 3 N–H and O–H groups in total. The van der Waals surface area contributed by atoms with Crippen LogP contribution in [0, 0.1) is 0 Å². The van der Waals surface area contributed by atoms with Gasteiger partial charge in [-0.1, -0.05) is 29.8 Å². The highest BCUT2D eigenvalue weighted by atomic mass is 35.5. The van der Waals surface area contributed by atoms with E-state index in [1.165, 1.54) is 0 Å². The zero-order chi connectivity index (χ0) is 15.2. The molecule has 0 saturated carbocycles. The highest BCUT2D eigenvalue weighted by molar-refractivity contribution is 7.80. The van der Waals surface area contributed by atoms with Crippen LogP contribution < -0.4 is 10.6 Å². The number of benzene rings is 2. The van der Waals surface area contributed by atoms with Crippen molar-refractivity contribution in [3.8, 4) is 0 Å². The molecule has 1 amide bonds. The number of anilines is 1. The third-order valence-electron chi connectivity index (χ3n) is 2.77. The van der Waals surface area contributed by atoms with Crippen LogP contribution in [-0.4, -0.2) is 16.1 Å². The molecule has 0 radical (unpaired) electrons. The normalized spacial score (nSPS) is 10.0. The van der Waals surface area contributed by atoms with Crippen molar-refractivity contribution in [2.45, 2.75) is 6.61 Å². The minimum Gasteiger partial charge on any atom is -0.392 e. The van der Waals surface area contributed by atoms with Crippen LogP contribution in [0.4, 0.5) is 5.69 Å². The van der Waals surface area contributed by atoms with Crippen LogP contribution in [0.1, 0.15) is 15.9 Å². The molecule has 0 spiro atoms. The minimum absolute atomic E-state index is 0.114. The lowest BCUT2D eigenvalue weighted by Crippen LogP contribution is -2.34. The summed E-state index contributed by atoms with van der Waals surface area (Å²) in [5.74, 6) is -0.328. The van der Waals surface area contributed by atoms with Gasteiger partial charge in [-0.3, -0.25) is 10.1 Å². The lowest BCUT2D eigenvalue weighted by molar-refractivity contribution is 0.0978. The number of carbonyl (C=O) groups is 1. The topological polar surface area (TPSA) is 61.4 Å². The predicted octanol–water partition coefficient (Wildman–Crippen LogP) is 2.96. The fourth-order valence-corrected chi connectivity index (χ4v) is 2.04. The van der Waals surface area contributed by atoms with E-state index in [1.807, 2.05) is 12.1 Å². The summed E-state index contributed by atoms with van der Waals surface area (Å²) in [5, 5.41) is 15.4. The van der Waals surface area contributed by atoms with E-state index in [0.717, 1.165) is 0 Å². The summed E-state index contributed by atoms with van der Waals surface area (Å²) in [6, 6.07) is 13.7.